The van der Waals surface area contributed by atoms with E-state index in [1.54, 1.807) is 6.07 Å². The van der Waals surface area contributed by atoms with Crippen LogP contribution < -0.4 is 5.32 Å². The molecule has 0 spiro atoms. The molecule has 2 N–H and O–H groups in total. The maximum absolute atomic E-state index is 11.2. The van der Waals surface area contributed by atoms with Crippen molar-refractivity contribution in [2.75, 3.05) is 18.5 Å². The third kappa shape index (κ3) is 2.82. The van der Waals surface area contributed by atoms with Gasteiger partial charge >= 0.3 is 5.97 Å². The molecule has 0 aromatic heterocycles. The van der Waals surface area contributed by atoms with E-state index in [0.717, 1.165) is 25.0 Å². The van der Waals surface area contributed by atoms with Gasteiger partial charge in [0.2, 0.25) is 0 Å². The summed E-state index contributed by atoms with van der Waals surface area (Å²) in [5.41, 5.74) is 1.85. The van der Waals surface area contributed by atoms with Crippen molar-refractivity contribution in [3.8, 4) is 0 Å². The van der Waals surface area contributed by atoms with Gasteiger partial charge in [0.05, 0.1) is 17.7 Å². The van der Waals surface area contributed by atoms with Crippen molar-refractivity contribution in [3.05, 3.63) is 29.3 Å². The zero-order valence-electron chi connectivity index (χ0n) is 10.8. The molecule has 2 rings (SSSR count). The summed E-state index contributed by atoms with van der Waals surface area (Å²) in [4.78, 5) is 11.2. The second-order valence-corrected chi connectivity index (χ2v) is 5.20. The van der Waals surface area contributed by atoms with Gasteiger partial charge < -0.3 is 15.2 Å². The summed E-state index contributed by atoms with van der Waals surface area (Å²) in [6.07, 6.45) is 1.98. The van der Waals surface area contributed by atoms with E-state index in [9.17, 15) is 9.90 Å². The van der Waals surface area contributed by atoms with Crippen molar-refractivity contribution in [1.29, 1.82) is 0 Å². The minimum absolute atomic E-state index is 0.184. The molecule has 1 aromatic carbocycles. The maximum Gasteiger partial charge on any atom is 0.337 e. The van der Waals surface area contributed by atoms with Gasteiger partial charge in [0.15, 0.2) is 0 Å². The maximum atomic E-state index is 11.2. The fourth-order valence-corrected chi connectivity index (χ4v) is 2.31. The Labute approximate surface area is 107 Å². The molecule has 1 aromatic rings. The molecule has 1 fully saturated rings. The standard InChI is InChI=1S/C14H19NO3/c1-10-4-5-11(13(16)17)12(8-10)15-14(2)6-3-7-18-9-14/h4-5,8,15H,3,6-7,9H2,1-2H3,(H,16,17). The summed E-state index contributed by atoms with van der Waals surface area (Å²) in [5.74, 6) is -0.905. The summed E-state index contributed by atoms with van der Waals surface area (Å²) in [6, 6.07) is 5.34. The Morgan fingerprint density at radius 3 is 2.89 bits per heavy atom. The van der Waals surface area contributed by atoms with Gasteiger partial charge in [-0.25, -0.2) is 4.79 Å². The number of rotatable bonds is 3. The number of benzene rings is 1. The molecule has 98 valence electrons. The zero-order chi connectivity index (χ0) is 13.2. The Hall–Kier alpha value is -1.55. The Bertz CT molecular complexity index is 450. The first kappa shape index (κ1) is 12.9. The van der Waals surface area contributed by atoms with Gasteiger partial charge in [-0.1, -0.05) is 6.07 Å². The molecule has 4 heteroatoms. The highest BCUT2D eigenvalue weighted by Crippen LogP contribution is 2.27. The number of anilines is 1. The van der Waals surface area contributed by atoms with Gasteiger partial charge in [0, 0.05) is 12.3 Å². The topological polar surface area (TPSA) is 58.6 Å². The largest absolute Gasteiger partial charge is 0.478 e. The van der Waals surface area contributed by atoms with Crippen LogP contribution in [0.5, 0.6) is 0 Å². The summed E-state index contributed by atoms with van der Waals surface area (Å²) >= 11 is 0. The van der Waals surface area contributed by atoms with E-state index in [2.05, 4.69) is 12.2 Å². The van der Waals surface area contributed by atoms with Gasteiger partial charge in [0.25, 0.3) is 0 Å². The van der Waals surface area contributed by atoms with Crippen molar-refractivity contribution < 1.29 is 14.6 Å². The number of hydrogen-bond donors (Lipinski definition) is 2. The van der Waals surface area contributed by atoms with Gasteiger partial charge in [-0.3, -0.25) is 0 Å². The predicted octanol–water partition coefficient (Wildman–Crippen LogP) is 2.67. The highest BCUT2D eigenvalue weighted by molar-refractivity contribution is 5.94. The summed E-state index contributed by atoms with van der Waals surface area (Å²) in [6.45, 7) is 5.42. The lowest BCUT2D eigenvalue weighted by Crippen LogP contribution is -2.43. The average Bonchev–Trinajstić information content (AvgIpc) is 2.28. The molecule has 1 atom stereocenters. The quantitative estimate of drug-likeness (QED) is 0.864. The molecule has 0 saturated carbocycles. The fraction of sp³-hybridized carbons (Fsp3) is 0.500. The zero-order valence-corrected chi connectivity index (χ0v) is 10.8. The molecule has 4 nitrogen and oxygen atoms in total. The number of carbonyl (C=O) groups is 1. The predicted molar refractivity (Wildman–Crippen MR) is 70.2 cm³/mol. The number of aromatic carboxylic acids is 1. The Balaban J connectivity index is 2.26. The van der Waals surface area contributed by atoms with Crippen molar-refractivity contribution in [1.82, 2.24) is 0 Å². The SMILES string of the molecule is Cc1ccc(C(=O)O)c(NC2(C)CCCOC2)c1. The highest BCUT2D eigenvalue weighted by atomic mass is 16.5. The number of carboxylic acids is 1. The number of hydrogen-bond acceptors (Lipinski definition) is 3. The van der Waals surface area contributed by atoms with Crippen LogP contribution >= 0.6 is 0 Å². The molecule has 0 amide bonds. The normalized spacial score (nSPS) is 23.7. The lowest BCUT2D eigenvalue weighted by molar-refractivity contribution is 0.0538. The van der Waals surface area contributed by atoms with Crippen LogP contribution in [-0.4, -0.2) is 29.8 Å². The van der Waals surface area contributed by atoms with Crippen LogP contribution in [0, 0.1) is 6.92 Å². The lowest BCUT2D eigenvalue weighted by Gasteiger charge is -2.35. The fourth-order valence-electron chi connectivity index (χ4n) is 2.31. The van der Waals surface area contributed by atoms with E-state index >= 15 is 0 Å². The molecule has 18 heavy (non-hydrogen) atoms. The first-order chi connectivity index (χ1) is 8.50. The Morgan fingerprint density at radius 2 is 2.28 bits per heavy atom. The molecular weight excluding hydrogens is 230 g/mol. The number of carboxylic acid groups (broad SMARTS) is 1. The van der Waals surface area contributed by atoms with Crippen LogP contribution in [-0.2, 0) is 4.74 Å². The van der Waals surface area contributed by atoms with Gasteiger partial charge in [-0.15, -0.1) is 0 Å². The van der Waals surface area contributed by atoms with E-state index in [0.29, 0.717) is 17.9 Å². The van der Waals surface area contributed by atoms with Crippen LogP contribution in [0.1, 0.15) is 35.7 Å². The Morgan fingerprint density at radius 1 is 1.50 bits per heavy atom. The van der Waals surface area contributed by atoms with Crippen LogP contribution in [0.4, 0.5) is 5.69 Å². The van der Waals surface area contributed by atoms with Crippen LogP contribution in [0.2, 0.25) is 0 Å². The van der Waals surface area contributed by atoms with Crippen LogP contribution in [0.15, 0.2) is 18.2 Å². The first-order valence-electron chi connectivity index (χ1n) is 6.20. The van der Waals surface area contributed by atoms with Gasteiger partial charge in [-0.2, -0.15) is 0 Å². The molecule has 1 saturated heterocycles. The van der Waals surface area contributed by atoms with E-state index in [1.807, 2.05) is 19.1 Å². The second kappa shape index (κ2) is 4.98. The molecule has 0 radical (unpaired) electrons. The van der Waals surface area contributed by atoms with Crippen molar-refractivity contribution in [3.63, 3.8) is 0 Å². The Kier molecular flexibility index (Phi) is 3.57. The van der Waals surface area contributed by atoms with Crippen molar-refractivity contribution in [2.45, 2.75) is 32.2 Å². The monoisotopic (exact) mass is 249 g/mol. The molecule has 1 aliphatic rings. The summed E-state index contributed by atoms with van der Waals surface area (Å²) in [7, 11) is 0. The van der Waals surface area contributed by atoms with Crippen LogP contribution in [0.25, 0.3) is 0 Å². The lowest BCUT2D eigenvalue weighted by atomic mass is 9.93. The summed E-state index contributed by atoms with van der Waals surface area (Å²) < 4.78 is 5.48. The van der Waals surface area contributed by atoms with E-state index < -0.39 is 5.97 Å². The van der Waals surface area contributed by atoms with Gasteiger partial charge in [0.1, 0.15) is 0 Å². The number of ether oxygens (including phenoxy) is 1. The smallest absolute Gasteiger partial charge is 0.337 e. The van der Waals surface area contributed by atoms with E-state index in [1.165, 1.54) is 0 Å². The first-order valence-corrected chi connectivity index (χ1v) is 6.20. The summed E-state index contributed by atoms with van der Waals surface area (Å²) in [5, 5.41) is 12.5. The van der Waals surface area contributed by atoms with Crippen molar-refractivity contribution >= 4 is 11.7 Å². The van der Waals surface area contributed by atoms with E-state index in [4.69, 9.17) is 4.74 Å². The minimum Gasteiger partial charge on any atom is -0.478 e. The number of aryl methyl sites for hydroxylation is 1. The number of nitrogens with one attached hydrogen (secondary N) is 1. The van der Waals surface area contributed by atoms with Crippen molar-refractivity contribution in [2.24, 2.45) is 0 Å². The molecule has 0 bridgehead atoms. The second-order valence-electron chi connectivity index (χ2n) is 5.20. The van der Waals surface area contributed by atoms with Gasteiger partial charge in [-0.05, 0) is 44.4 Å². The molecule has 0 aliphatic carbocycles. The third-order valence-corrected chi connectivity index (χ3v) is 3.28. The molecule has 1 heterocycles. The average molecular weight is 249 g/mol. The molecule has 1 aliphatic heterocycles. The molecule has 1 unspecified atom stereocenters. The van der Waals surface area contributed by atoms with E-state index in [-0.39, 0.29) is 5.54 Å². The van der Waals surface area contributed by atoms with Crippen LogP contribution in [0.3, 0.4) is 0 Å². The molecular formula is C14H19NO3. The highest BCUT2D eigenvalue weighted by Gasteiger charge is 2.28. The minimum atomic E-state index is -0.905. The third-order valence-electron chi connectivity index (χ3n) is 3.28.